The van der Waals surface area contributed by atoms with Crippen molar-refractivity contribution < 1.29 is 4.79 Å². The van der Waals surface area contributed by atoms with E-state index < -0.39 is 0 Å². The molecule has 0 heterocycles. The van der Waals surface area contributed by atoms with Gasteiger partial charge in [0, 0.05) is 18.7 Å². The third-order valence-electron chi connectivity index (χ3n) is 2.35. The minimum atomic E-state index is 0.411. The van der Waals surface area contributed by atoms with Crippen molar-refractivity contribution in [2.75, 3.05) is 5.88 Å². The normalized spacial score (nSPS) is 24.1. The number of hydrogen-bond acceptors (Lipinski definition) is 1. The average Bonchev–Trinajstić information content (AvgIpc) is 2.04. The molecule has 1 atom stereocenters. The molecule has 0 spiro atoms. The van der Waals surface area contributed by atoms with Crippen LogP contribution in [0.5, 0.6) is 0 Å². The number of carbonyl (C=O) groups is 1. The van der Waals surface area contributed by atoms with E-state index in [0.717, 1.165) is 31.3 Å². The molecule has 1 saturated carbocycles. The molecule has 0 radical (unpaired) electrons. The van der Waals surface area contributed by atoms with Crippen LogP contribution in [0.4, 0.5) is 0 Å². The maximum Gasteiger partial charge on any atom is 0.133 e. The van der Waals surface area contributed by atoms with Gasteiger partial charge >= 0.3 is 0 Å². The highest BCUT2D eigenvalue weighted by molar-refractivity contribution is 6.19. The lowest BCUT2D eigenvalue weighted by Gasteiger charge is -2.20. The molecular formula is C10H15ClO. The summed E-state index contributed by atoms with van der Waals surface area (Å²) in [6, 6.07) is 0. The molecule has 0 aliphatic heterocycles. The molecule has 1 aliphatic carbocycles. The Morgan fingerprint density at radius 2 is 2.42 bits per heavy atom. The van der Waals surface area contributed by atoms with Crippen molar-refractivity contribution in [2.45, 2.75) is 32.1 Å². The lowest BCUT2D eigenvalue weighted by Crippen LogP contribution is -2.15. The van der Waals surface area contributed by atoms with Gasteiger partial charge in [0.25, 0.3) is 0 Å². The van der Waals surface area contributed by atoms with Gasteiger partial charge in [-0.1, -0.05) is 12.2 Å². The number of carbonyl (C=O) groups excluding carboxylic acids is 1. The fourth-order valence-corrected chi connectivity index (χ4v) is 1.86. The number of Topliss-reactive ketones (excluding diaryl/α,β-unsaturated/α-hetero) is 1. The monoisotopic (exact) mass is 186 g/mol. The molecule has 1 rings (SSSR count). The summed E-state index contributed by atoms with van der Waals surface area (Å²) in [4.78, 5) is 11.1. The third-order valence-corrected chi connectivity index (χ3v) is 2.73. The molecule has 0 aromatic rings. The minimum absolute atomic E-state index is 0.411. The predicted molar refractivity (Wildman–Crippen MR) is 51.4 cm³/mol. The lowest BCUT2D eigenvalue weighted by atomic mass is 9.84. The van der Waals surface area contributed by atoms with Crippen molar-refractivity contribution in [3.63, 3.8) is 0 Å². The van der Waals surface area contributed by atoms with Gasteiger partial charge in [-0.25, -0.2) is 0 Å². The molecular weight excluding hydrogens is 172 g/mol. The first kappa shape index (κ1) is 9.79. The Morgan fingerprint density at radius 1 is 1.67 bits per heavy atom. The molecule has 1 nitrogen and oxygen atoms in total. The number of rotatable bonds is 3. The van der Waals surface area contributed by atoms with Gasteiger partial charge in [0.1, 0.15) is 5.78 Å². The number of hydrogen-bond donors (Lipinski definition) is 0. The first-order valence-electron chi connectivity index (χ1n) is 4.46. The van der Waals surface area contributed by atoms with E-state index in [4.69, 9.17) is 11.6 Å². The summed E-state index contributed by atoms with van der Waals surface area (Å²) in [6.45, 7) is 3.85. The highest BCUT2D eigenvalue weighted by Crippen LogP contribution is 2.26. The topological polar surface area (TPSA) is 17.1 Å². The van der Waals surface area contributed by atoms with Gasteiger partial charge in [-0.05, 0) is 25.2 Å². The maximum absolute atomic E-state index is 11.1. The van der Waals surface area contributed by atoms with Gasteiger partial charge in [-0.15, -0.1) is 11.6 Å². The van der Waals surface area contributed by atoms with Gasteiger partial charge < -0.3 is 0 Å². The molecule has 0 amide bonds. The number of allylic oxidation sites excluding steroid dienone is 1. The Kier molecular flexibility index (Phi) is 3.80. The van der Waals surface area contributed by atoms with Gasteiger partial charge in [0.05, 0.1) is 0 Å². The van der Waals surface area contributed by atoms with E-state index in [1.165, 1.54) is 6.42 Å². The van der Waals surface area contributed by atoms with E-state index >= 15 is 0 Å². The molecule has 12 heavy (non-hydrogen) atoms. The Morgan fingerprint density at radius 3 is 3.00 bits per heavy atom. The SMILES string of the molecule is C=C(CCl)CC1CCCC(=O)C1. The van der Waals surface area contributed by atoms with E-state index in [2.05, 4.69) is 6.58 Å². The van der Waals surface area contributed by atoms with Crippen LogP contribution in [-0.4, -0.2) is 11.7 Å². The molecule has 0 aromatic heterocycles. The van der Waals surface area contributed by atoms with Crippen molar-refractivity contribution >= 4 is 17.4 Å². The van der Waals surface area contributed by atoms with Crippen molar-refractivity contribution in [3.8, 4) is 0 Å². The van der Waals surface area contributed by atoms with Crippen LogP contribution in [0.1, 0.15) is 32.1 Å². The summed E-state index contributed by atoms with van der Waals surface area (Å²) in [5.74, 6) is 1.47. The molecule has 68 valence electrons. The van der Waals surface area contributed by atoms with E-state index in [1.807, 2.05) is 0 Å². The Labute approximate surface area is 78.8 Å². The van der Waals surface area contributed by atoms with E-state index in [-0.39, 0.29) is 0 Å². The van der Waals surface area contributed by atoms with Crippen LogP contribution in [0.25, 0.3) is 0 Å². The summed E-state index contributed by atoms with van der Waals surface area (Å²) in [5.41, 5.74) is 1.07. The van der Waals surface area contributed by atoms with Gasteiger partial charge in [0.2, 0.25) is 0 Å². The van der Waals surface area contributed by atoms with Crippen LogP contribution in [0, 0.1) is 5.92 Å². The van der Waals surface area contributed by atoms with Crippen molar-refractivity contribution in [1.82, 2.24) is 0 Å². The van der Waals surface area contributed by atoms with Crippen LogP contribution >= 0.6 is 11.6 Å². The number of halogens is 1. The Bertz CT molecular complexity index is 186. The summed E-state index contributed by atoms with van der Waals surface area (Å²) < 4.78 is 0. The van der Waals surface area contributed by atoms with E-state index in [0.29, 0.717) is 17.6 Å². The molecule has 1 aliphatic rings. The largest absolute Gasteiger partial charge is 0.300 e. The third kappa shape index (κ3) is 2.98. The van der Waals surface area contributed by atoms with Crippen molar-refractivity contribution in [1.29, 1.82) is 0 Å². The van der Waals surface area contributed by atoms with Crippen LogP contribution < -0.4 is 0 Å². The highest BCUT2D eigenvalue weighted by atomic mass is 35.5. The molecule has 1 unspecified atom stereocenters. The first-order chi connectivity index (χ1) is 5.72. The van der Waals surface area contributed by atoms with Crippen LogP contribution in [-0.2, 0) is 4.79 Å². The molecule has 0 saturated heterocycles. The second-order valence-electron chi connectivity index (χ2n) is 3.59. The summed E-state index contributed by atoms with van der Waals surface area (Å²) in [7, 11) is 0. The Balaban J connectivity index is 2.32. The summed E-state index contributed by atoms with van der Waals surface area (Å²) >= 11 is 5.62. The first-order valence-corrected chi connectivity index (χ1v) is 5.00. The Hall–Kier alpha value is -0.300. The second-order valence-corrected chi connectivity index (χ2v) is 3.86. The van der Waals surface area contributed by atoms with Gasteiger partial charge in [-0.3, -0.25) is 4.79 Å². The molecule has 1 fully saturated rings. The molecule has 0 N–H and O–H groups in total. The van der Waals surface area contributed by atoms with E-state index in [9.17, 15) is 4.79 Å². The summed E-state index contributed by atoms with van der Waals surface area (Å²) in [5, 5.41) is 0. The lowest BCUT2D eigenvalue weighted by molar-refractivity contribution is -0.121. The predicted octanol–water partition coefficient (Wildman–Crippen LogP) is 2.93. The maximum atomic E-state index is 11.1. The van der Waals surface area contributed by atoms with Crippen LogP contribution in [0.15, 0.2) is 12.2 Å². The van der Waals surface area contributed by atoms with Gasteiger partial charge in [-0.2, -0.15) is 0 Å². The fraction of sp³-hybridized carbons (Fsp3) is 0.700. The highest BCUT2D eigenvalue weighted by Gasteiger charge is 2.19. The zero-order chi connectivity index (χ0) is 8.97. The minimum Gasteiger partial charge on any atom is -0.300 e. The van der Waals surface area contributed by atoms with Crippen molar-refractivity contribution in [3.05, 3.63) is 12.2 Å². The zero-order valence-electron chi connectivity index (χ0n) is 7.31. The number of ketones is 1. The van der Waals surface area contributed by atoms with Crippen molar-refractivity contribution in [2.24, 2.45) is 5.92 Å². The van der Waals surface area contributed by atoms with Gasteiger partial charge in [0.15, 0.2) is 0 Å². The second kappa shape index (κ2) is 4.66. The average molecular weight is 187 g/mol. The molecule has 2 heteroatoms. The molecule has 0 bridgehead atoms. The number of alkyl halides is 1. The quantitative estimate of drug-likeness (QED) is 0.489. The fourth-order valence-electron chi connectivity index (χ4n) is 1.75. The summed E-state index contributed by atoms with van der Waals surface area (Å²) in [6.07, 6.45) is 4.69. The smallest absolute Gasteiger partial charge is 0.133 e. The zero-order valence-corrected chi connectivity index (χ0v) is 8.07. The van der Waals surface area contributed by atoms with Crippen LogP contribution in [0.3, 0.4) is 0 Å². The standard InChI is InChI=1S/C10H15ClO/c1-8(7-11)5-9-3-2-4-10(12)6-9/h9H,1-7H2. The van der Waals surface area contributed by atoms with E-state index in [1.54, 1.807) is 0 Å². The molecule has 0 aromatic carbocycles. The van der Waals surface area contributed by atoms with Crippen LogP contribution in [0.2, 0.25) is 0 Å².